The molecule has 2 heterocycles. The van der Waals surface area contributed by atoms with Gasteiger partial charge in [0.05, 0.1) is 4.90 Å². The van der Waals surface area contributed by atoms with Crippen LogP contribution in [0.4, 0.5) is 0 Å². The summed E-state index contributed by atoms with van der Waals surface area (Å²) in [4.78, 5) is 4.37. The van der Waals surface area contributed by atoms with Crippen molar-refractivity contribution < 1.29 is 4.21 Å². The Morgan fingerprint density at radius 3 is 2.70 bits per heavy atom. The highest BCUT2D eigenvalue weighted by molar-refractivity contribution is 9.10. The van der Waals surface area contributed by atoms with Crippen molar-refractivity contribution in [1.29, 1.82) is 0 Å². The monoisotopic (exact) mass is 444 g/mol. The molecule has 142 valence electrons. The summed E-state index contributed by atoms with van der Waals surface area (Å²) in [7, 11) is -1.08. The smallest absolute Gasteiger partial charge is 0.127 e. The number of hydrogen-bond acceptors (Lipinski definition) is 1. The number of aryl methyl sites for hydroxylation is 2. The van der Waals surface area contributed by atoms with Crippen LogP contribution in [-0.4, -0.2) is 26.6 Å². The quantitative estimate of drug-likeness (QED) is 0.549. The first-order chi connectivity index (χ1) is 13.1. The molecule has 0 amide bonds. The van der Waals surface area contributed by atoms with Gasteiger partial charge in [-0.05, 0) is 73.6 Å². The third kappa shape index (κ3) is 3.78. The summed E-state index contributed by atoms with van der Waals surface area (Å²) >= 11 is 3.52. The molecule has 1 aliphatic rings. The van der Waals surface area contributed by atoms with Crippen LogP contribution in [-0.2, 0) is 17.4 Å². The summed E-state index contributed by atoms with van der Waals surface area (Å²) in [5, 5.41) is 1.34. The standard InChI is InChI=1S/C22H25BrN2OS/c1-3-16-13-18(23)5-7-22(16)27(26)25-10-8-17(9-11-25)20-14-24-21-6-4-15(2)12-19(20)21/h4-7,12-14,17,24H,3,8-11H2,1-2H3. The van der Waals surface area contributed by atoms with Gasteiger partial charge in [-0.1, -0.05) is 34.5 Å². The number of fused-ring (bicyclic) bond motifs is 1. The maximum atomic E-state index is 13.2. The van der Waals surface area contributed by atoms with E-state index in [0.29, 0.717) is 5.92 Å². The molecule has 0 saturated carbocycles. The number of aromatic amines is 1. The normalized spacial score (nSPS) is 17.4. The third-order valence-electron chi connectivity index (χ3n) is 5.59. The molecule has 3 nitrogen and oxygen atoms in total. The SMILES string of the molecule is CCc1cc(Br)ccc1S(=O)N1CCC(c2c[nH]c3ccc(C)cc23)CC1. The first-order valence-electron chi connectivity index (χ1n) is 9.59. The van der Waals surface area contributed by atoms with Gasteiger partial charge in [-0.25, -0.2) is 8.51 Å². The second-order valence-corrected chi connectivity index (χ2v) is 9.72. The highest BCUT2D eigenvalue weighted by Gasteiger charge is 2.27. The molecule has 1 aliphatic heterocycles. The lowest BCUT2D eigenvalue weighted by atomic mass is 9.90. The van der Waals surface area contributed by atoms with Crippen molar-refractivity contribution in [3.05, 3.63) is 63.8 Å². The van der Waals surface area contributed by atoms with Gasteiger partial charge >= 0.3 is 0 Å². The maximum Gasteiger partial charge on any atom is 0.127 e. The number of nitrogens with zero attached hydrogens (tertiary/aromatic N) is 1. The summed E-state index contributed by atoms with van der Waals surface area (Å²) < 4.78 is 16.3. The molecule has 1 aromatic heterocycles. The van der Waals surface area contributed by atoms with Crippen molar-refractivity contribution >= 4 is 37.8 Å². The molecular formula is C22H25BrN2OS. The van der Waals surface area contributed by atoms with Crippen LogP contribution in [0.1, 0.15) is 42.4 Å². The molecule has 0 bridgehead atoms. The predicted octanol–water partition coefficient (Wildman–Crippen LogP) is 5.70. The summed E-state index contributed by atoms with van der Waals surface area (Å²) in [5.41, 5.74) is 5.09. The first kappa shape index (κ1) is 18.9. The van der Waals surface area contributed by atoms with Gasteiger partial charge < -0.3 is 4.98 Å². The highest BCUT2D eigenvalue weighted by Crippen LogP contribution is 2.35. The molecule has 1 fully saturated rings. The van der Waals surface area contributed by atoms with E-state index in [4.69, 9.17) is 0 Å². The zero-order chi connectivity index (χ0) is 19.0. The lowest BCUT2D eigenvalue weighted by Gasteiger charge is -2.31. The zero-order valence-corrected chi connectivity index (χ0v) is 18.2. The van der Waals surface area contributed by atoms with Crippen molar-refractivity contribution in [2.45, 2.75) is 43.9 Å². The van der Waals surface area contributed by atoms with Gasteiger partial charge in [0.25, 0.3) is 0 Å². The van der Waals surface area contributed by atoms with Crippen molar-refractivity contribution in [1.82, 2.24) is 9.29 Å². The lowest BCUT2D eigenvalue weighted by molar-refractivity contribution is 0.335. The number of aromatic nitrogens is 1. The Morgan fingerprint density at radius 2 is 1.96 bits per heavy atom. The van der Waals surface area contributed by atoms with Crippen LogP contribution in [0.25, 0.3) is 10.9 Å². The van der Waals surface area contributed by atoms with E-state index in [-0.39, 0.29) is 0 Å². The Hall–Kier alpha value is -1.43. The van der Waals surface area contributed by atoms with Crippen molar-refractivity contribution in [3.8, 4) is 0 Å². The fraction of sp³-hybridized carbons (Fsp3) is 0.364. The van der Waals surface area contributed by atoms with Crippen molar-refractivity contribution in [2.24, 2.45) is 0 Å². The summed E-state index contributed by atoms with van der Waals surface area (Å²) in [6.45, 7) is 6.00. The van der Waals surface area contributed by atoms with Crippen molar-refractivity contribution in [2.75, 3.05) is 13.1 Å². The van der Waals surface area contributed by atoms with Crippen LogP contribution in [0.3, 0.4) is 0 Å². The van der Waals surface area contributed by atoms with Gasteiger partial charge in [0, 0.05) is 34.7 Å². The molecule has 5 heteroatoms. The van der Waals surface area contributed by atoms with Gasteiger partial charge in [0.1, 0.15) is 11.0 Å². The average molecular weight is 445 g/mol. The molecule has 0 radical (unpaired) electrons. The molecule has 27 heavy (non-hydrogen) atoms. The van der Waals surface area contributed by atoms with E-state index in [2.05, 4.69) is 69.5 Å². The van der Waals surface area contributed by atoms with Crippen LogP contribution < -0.4 is 0 Å². The number of piperidine rings is 1. The molecule has 3 aromatic rings. The largest absolute Gasteiger partial charge is 0.361 e. The second kappa shape index (κ2) is 7.90. The molecule has 1 atom stereocenters. The van der Waals surface area contributed by atoms with Gasteiger partial charge in [-0.3, -0.25) is 0 Å². The van der Waals surface area contributed by atoms with Gasteiger partial charge in [0.15, 0.2) is 0 Å². The minimum Gasteiger partial charge on any atom is -0.361 e. The van der Waals surface area contributed by atoms with E-state index in [1.807, 2.05) is 12.1 Å². The molecule has 2 aromatic carbocycles. The second-order valence-electron chi connectivity index (χ2n) is 7.35. The molecule has 1 saturated heterocycles. The molecule has 0 spiro atoms. The van der Waals surface area contributed by atoms with Crippen LogP contribution in [0.5, 0.6) is 0 Å². The van der Waals surface area contributed by atoms with Crippen molar-refractivity contribution in [3.63, 3.8) is 0 Å². The molecule has 1 N–H and O–H groups in total. The summed E-state index contributed by atoms with van der Waals surface area (Å²) in [6.07, 6.45) is 5.16. The van der Waals surface area contributed by atoms with E-state index in [1.54, 1.807) is 0 Å². The Balaban J connectivity index is 1.50. The zero-order valence-electron chi connectivity index (χ0n) is 15.8. The Morgan fingerprint density at radius 1 is 1.19 bits per heavy atom. The van der Waals surface area contributed by atoms with E-state index < -0.39 is 11.0 Å². The number of benzene rings is 2. The molecule has 0 aliphatic carbocycles. The third-order valence-corrected chi connectivity index (χ3v) is 7.69. The highest BCUT2D eigenvalue weighted by atomic mass is 79.9. The summed E-state index contributed by atoms with van der Waals surface area (Å²) in [6, 6.07) is 12.7. The Bertz CT molecular complexity index is 989. The molecular weight excluding hydrogens is 420 g/mol. The maximum absolute atomic E-state index is 13.2. The minimum atomic E-state index is -1.08. The van der Waals surface area contributed by atoms with Crippen LogP contribution >= 0.6 is 15.9 Å². The predicted molar refractivity (Wildman–Crippen MR) is 117 cm³/mol. The summed E-state index contributed by atoms with van der Waals surface area (Å²) in [5.74, 6) is 0.532. The van der Waals surface area contributed by atoms with Gasteiger partial charge in [-0.2, -0.15) is 0 Å². The Kier molecular flexibility index (Phi) is 5.53. The van der Waals surface area contributed by atoms with E-state index in [9.17, 15) is 4.21 Å². The number of hydrogen-bond donors (Lipinski definition) is 1. The van der Waals surface area contributed by atoms with Crippen LogP contribution in [0.2, 0.25) is 0 Å². The van der Waals surface area contributed by atoms with Gasteiger partial charge in [0.2, 0.25) is 0 Å². The lowest BCUT2D eigenvalue weighted by Crippen LogP contribution is -2.34. The van der Waals surface area contributed by atoms with Crippen LogP contribution in [0, 0.1) is 6.92 Å². The van der Waals surface area contributed by atoms with Crippen LogP contribution in [0.15, 0.2) is 52.0 Å². The molecule has 1 unspecified atom stereocenters. The Labute approximate surface area is 171 Å². The number of rotatable bonds is 4. The fourth-order valence-electron chi connectivity index (χ4n) is 4.06. The van der Waals surface area contributed by atoms with E-state index in [0.717, 1.165) is 47.3 Å². The first-order valence-corrected chi connectivity index (χ1v) is 11.5. The topological polar surface area (TPSA) is 36.1 Å². The number of halogens is 1. The van der Waals surface area contributed by atoms with Gasteiger partial charge in [-0.15, -0.1) is 0 Å². The van der Waals surface area contributed by atoms with E-state index in [1.165, 1.54) is 22.0 Å². The fourth-order valence-corrected chi connectivity index (χ4v) is 5.90. The number of H-pyrrole nitrogens is 1. The number of nitrogens with one attached hydrogen (secondary N) is 1. The average Bonchev–Trinajstić information content (AvgIpc) is 3.10. The van der Waals surface area contributed by atoms with E-state index >= 15 is 0 Å². The molecule has 4 rings (SSSR count). The minimum absolute atomic E-state index is 0.532.